The Morgan fingerprint density at radius 3 is 2.95 bits per heavy atom. The molecule has 1 unspecified atom stereocenters. The first-order valence-corrected chi connectivity index (χ1v) is 6.79. The minimum Gasteiger partial charge on any atom is -0.397 e. The SMILES string of the molecule is CC1CCc2ccccc2N1C(=O)c1ccncc1N. The van der Waals surface area contributed by atoms with Gasteiger partial charge in [0, 0.05) is 17.9 Å². The monoisotopic (exact) mass is 267 g/mol. The molecule has 2 N–H and O–H groups in total. The highest BCUT2D eigenvalue weighted by Gasteiger charge is 2.29. The second kappa shape index (κ2) is 4.96. The van der Waals surface area contributed by atoms with Gasteiger partial charge in [0.1, 0.15) is 0 Å². The number of nitrogen functional groups attached to an aromatic ring is 1. The number of nitrogens with zero attached hydrogens (tertiary/aromatic N) is 2. The quantitative estimate of drug-likeness (QED) is 0.864. The van der Waals surface area contributed by atoms with Crippen LogP contribution in [-0.4, -0.2) is 16.9 Å². The van der Waals surface area contributed by atoms with E-state index in [2.05, 4.69) is 18.0 Å². The highest BCUT2D eigenvalue weighted by Crippen LogP contribution is 2.32. The van der Waals surface area contributed by atoms with Crippen LogP contribution in [0, 0.1) is 0 Å². The molecule has 1 aliphatic rings. The number of amides is 1. The summed E-state index contributed by atoms with van der Waals surface area (Å²) in [5, 5.41) is 0. The summed E-state index contributed by atoms with van der Waals surface area (Å²) >= 11 is 0. The average Bonchev–Trinajstić information content (AvgIpc) is 2.47. The zero-order chi connectivity index (χ0) is 14.1. The van der Waals surface area contributed by atoms with Gasteiger partial charge in [0.2, 0.25) is 0 Å². The van der Waals surface area contributed by atoms with Crippen molar-refractivity contribution in [2.75, 3.05) is 10.6 Å². The number of fused-ring (bicyclic) bond motifs is 1. The largest absolute Gasteiger partial charge is 0.397 e. The zero-order valence-electron chi connectivity index (χ0n) is 11.4. The van der Waals surface area contributed by atoms with Crippen molar-refractivity contribution in [1.29, 1.82) is 0 Å². The van der Waals surface area contributed by atoms with E-state index in [0.717, 1.165) is 18.5 Å². The molecule has 4 nitrogen and oxygen atoms in total. The van der Waals surface area contributed by atoms with Gasteiger partial charge in [0.15, 0.2) is 0 Å². The number of benzene rings is 1. The van der Waals surface area contributed by atoms with E-state index in [0.29, 0.717) is 11.3 Å². The first-order chi connectivity index (χ1) is 9.68. The summed E-state index contributed by atoms with van der Waals surface area (Å²) in [5.74, 6) is -0.0513. The number of hydrogen-bond donors (Lipinski definition) is 1. The van der Waals surface area contributed by atoms with Gasteiger partial charge in [0.05, 0.1) is 17.4 Å². The lowest BCUT2D eigenvalue weighted by molar-refractivity contribution is 0.0976. The summed E-state index contributed by atoms with van der Waals surface area (Å²) in [6, 6.07) is 9.91. The van der Waals surface area contributed by atoms with Gasteiger partial charge in [-0.05, 0) is 37.5 Å². The molecule has 1 atom stereocenters. The van der Waals surface area contributed by atoms with E-state index in [1.165, 1.54) is 11.8 Å². The van der Waals surface area contributed by atoms with Crippen molar-refractivity contribution < 1.29 is 4.79 Å². The van der Waals surface area contributed by atoms with Gasteiger partial charge < -0.3 is 10.6 Å². The minimum atomic E-state index is -0.0513. The normalized spacial score (nSPS) is 17.6. The number of para-hydroxylation sites is 1. The van der Waals surface area contributed by atoms with Crippen molar-refractivity contribution in [1.82, 2.24) is 4.98 Å². The van der Waals surface area contributed by atoms with E-state index in [1.807, 2.05) is 23.1 Å². The second-order valence-corrected chi connectivity index (χ2v) is 5.15. The van der Waals surface area contributed by atoms with Crippen LogP contribution >= 0.6 is 0 Å². The Labute approximate surface area is 118 Å². The fourth-order valence-corrected chi connectivity index (χ4v) is 2.73. The predicted octanol–water partition coefficient (Wildman–Crippen LogP) is 2.65. The number of carbonyl (C=O) groups excluding carboxylic acids is 1. The maximum Gasteiger partial charge on any atom is 0.260 e. The molecule has 1 amide bonds. The number of anilines is 2. The summed E-state index contributed by atoms with van der Waals surface area (Å²) in [4.78, 5) is 18.6. The van der Waals surface area contributed by atoms with E-state index < -0.39 is 0 Å². The van der Waals surface area contributed by atoms with Gasteiger partial charge in [-0.25, -0.2) is 0 Å². The molecular formula is C16H17N3O. The average molecular weight is 267 g/mol. The number of pyridine rings is 1. The van der Waals surface area contributed by atoms with Crippen LogP contribution in [0.4, 0.5) is 11.4 Å². The molecule has 0 bridgehead atoms. The number of aryl methyl sites for hydroxylation is 1. The van der Waals surface area contributed by atoms with E-state index in [1.54, 1.807) is 12.3 Å². The van der Waals surface area contributed by atoms with E-state index in [9.17, 15) is 4.79 Å². The molecule has 2 aromatic rings. The molecule has 0 saturated carbocycles. The molecule has 2 heterocycles. The number of hydrogen-bond acceptors (Lipinski definition) is 3. The number of rotatable bonds is 1. The molecule has 4 heteroatoms. The van der Waals surface area contributed by atoms with Crippen LogP contribution in [0.5, 0.6) is 0 Å². The topological polar surface area (TPSA) is 59.2 Å². The summed E-state index contributed by atoms with van der Waals surface area (Å²) in [6.45, 7) is 2.07. The molecule has 20 heavy (non-hydrogen) atoms. The van der Waals surface area contributed by atoms with Crippen LogP contribution in [0.3, 0.4) is 0 Å². The lowest BCUT2D eigenvalue weighted by Gasteiger charge is -2.35. The number of carbonyl (C=O) groups is 1. The molecule has 1 aliphatic heterocycles. The maximum absolute atomic E-state index is 12.8. The summed E-state index contributed by atoms with van der Waals surface area (Å²) in [7, 11) is 0. The minimum absolute atomic E-state index is 0.0513. The van der Waals surface area contributed by atoms with Gasteiger partial charge in [-0.1, -0.05) is 18.2 Å². The highest BCUT2D eigenvalue weighted by molar-refractivity contribution is 6.10. The first kappa shape index (κ1) is 12.7. The van der Waals surface area contributed by atoms with Crippen molar-refractivity contribution in [2.45, 2.75) is 25.8 Å². The van der Waals surface area contributed by atoms with Gasteiger partial charge in [-0.2, -0.15) is 0 Å². The summed E-state index contributed by atoms with van der Waals surface area (Å²) in [5.41, 5.74) is 9.03. The van der Waals surface area contributed by atoms with E-state index >= 15 is 0 Å². The van der Waals surface area contributed by atoms with E-state index in [-0.39, 0.29) is 11.9 Å². The molecular weight excluding hydrogens is 250 g/mol. The van der Waals surface area contributed by atoms with Crippen LogP contribution in [0.15, 0.2) is 42.7 Å². The second-order valence-electron chi connectivity index (χ2n) is 5.15. The Bertz CT molecular complexity index is 654. The van der Waals surface area contributed by atoms with Gasteiger partial charge in [0.25, 0.3) is 5.91 Å². The fourth-order valence-electron chi connectivity index (χ4n) is 2.73. The molecule has 0 aliphatic carbocycles. The molecule has 3 rings (SSSR count). The third kappa shape index (κ3) is 2.03. The third-order valence-electron chi connectivity index (χ3n) is 3.82. The van der Waals surface area contributed by atoms with Crippen LogP contribution in [0.2, 0.25) is 0 Å². The van der Waals surface area contributed by atoms with Crippen molar-refractivity contribution >= 4 is 17.3 Å². The maximum atomic E-state index is 12.8. The predicted molar refractivity (Wildman–Crippen MR) is 79.7 cm³/mol. The summed E-state index contributed by atoms with van der Waals surface area (Å²) in [6.07, 6.45) is 5.10. The molecule has 1 aromatic carbocycles. The van der Waals surface area contributed by atoms with Crippen molar-refractivity contribution in [2.24, 2.45) is 0 Å². The van der Waals surface area contributed by atoms with Crippen molar-refractivity contribution in [3.05, 3.63) is 53.9 Å². The lowest BCUT2D eigenvalue weighted by atomic mass is 9.95. The van der Waals surface area contributed by atoms with Gasteiger partial charge in [-0.3, -0.25) is 9.78 Å². The highest BCUT2D eigenvalue weighted by atomic mass is 16.2. The van der Waals surface area contributed by atoms with Gasteiger partial charge >= 0.3 is 0 Å². The number of aromatic nitrogens is 1. The Morgan fingerprint density at radius 1 is 1.35 bits per heavy atom. The summed E-state index contributed by atoms with van der Waals surface area (Å²) < 4.78 is 0. The van der Waals surface area contributed by atoms with Crippen LogP contribution < -0.4 is 10.6 Å². The van der Waals surface area contributed by atoms with Crippen LogP contribution in [0.1, 0.15) is 29.3 Å². The fraction of sp³-hybridized carbons (Fsp3) is 0.250. The van der Waals surface area contributed by atoms with Crippen molar-refractivity contribution in [3.8, 4) is 0 Å². The Morgan fingerprint density at radius 2 is 2.15 bits per heavy atom. The third-order valence-corrected chi connectivity index (χ3v) is 3.82. The Hall–Kier alpha value is -2.36. The van der Waals surface area contributed by atoms with Crippen LogP contribution in [-0.2, 0) is 6.42 Å². The Kier molecular flexibility index (Phi) is 3.14. The molecule has 0 radical (unpaired) electrons. The smallest absolute Gasteiger partial charge is 0.260 e. The number of nitrogens with two attached hydrogens (primary N) is 1. The molecule has 0 spiro atoms. The van der Waals surface area contributed by atoms with Crippen molar-refractivity contribution in [3.63, 3.8) is 0 Å². The molecule has 0 fully saturated rings. The molecule has 1 aromatic heterocycles. The molecule has 0 saturated heterocycles. The first-order valence-electron chi connectivity index (χ1n) is 6.79. The van der Waals surface area contributed by atoms with E-state index in [4.69, 9.17) is 5.73 Å². The zero-order valence-corrected chi connectivity index (χ0v) is 11.4. The molecule has 102 valence electrons. The van der Waals surface area contributed by atoms with Crippen LogP contribution in [0.25, 0.3) is 0 Å². The Balaban J connectivity index is 2.05. The lowest BCUT2D eigenvalue weighted by Crippen LogP contribution is -2.42. The van der Waals surface area contributed by atoms with Gasteiger partial charge in [-0.15, -0.1) is 0 Å². The standard InChI is InChI=1S/C16H17N3O/c1-11-6-7-12-4-2-3-5-15(12)19(11)16(20)13-8-9-18-10-14(13)17/h2-5,8-11H,6-7,17H2,1H3.